The van der Waals surface area contributed by atoms with Gasteiger partial charge < -0.3 is 5.32 Å². The van der Waals surface area contributed by atoms with E-state index in [4.69, 9.17) is 0 Å². The molecule has 0 aliphatic carbocycles. The first-order valence-corrected chi connectivity index (χ1v) is 7.63. The monoisotopic (exact) mass is 264 g/mol. The van der Waals surface area contributed by atoms with Crippen molar-refractivity contribution in [1.82, 2.24) is 4.98 Å². The van der Waals surface area contributed by atoms with Crippen LogP contribution in [0.15, 0.2) is 29.3 Å². The summed E-state index contributed by atoms with van der Waals surface area (Å²) in [5.41, 5.74) is 2.39. The highest BCUT2D eigenvalue weighted by Gasteiger charge is 2.04. The molecule has 0 aliphatic rings. The first-order valence-electron chi connectivity index (χ1n) is 5.59. The molecule has 90 valence electrons. The maximum atomic E-state index is 4.38. The van der Waals surface area contributed by atoms with Gasteiger partial charge in [-0.25, -0.2) is 4.98 Å². The van der Waals surface area contributed by atoms with Crippen LogP contribution in [0.25, 0.3) is 0 Å². The van der Waals surface area contributed by atoms with E-state index in [1.54, 1.807) is 23.1 Å². The van der Waals surface area contributed by atoms with Crippen molar-refractivity contribution in [2.45, 2.75) is 25.2 Å². The lowest BCUT2D eigenvalue weighted by molar-refractivity contribution is 1.17. The van der Waals surface area contributed by atoms with Crippen molar-refractivity contribution in [3.8, 4) is 0 Å². The van der Waals surface area contributed by atoms with Crippen molar-refractivity contribution in [3.63, 3.8) is 0 Å². The van der Waals surface area contributed by atoms with Gasteiger partial charge in [-0.3, -0.25) is 0 Å². The normalized spacial score (nSPS) is 10.5. The van der Waals surface area contributed by atoms with E-state index < -0.39 is 0 Å². The van der Waals surface area contributed by atoms with E-state index in [9.17, 15) is 0 Å². The zero-order valence-electron chi connectivity index (χ0n) is 10.3. The van der Waals surface area contributed by atoms with Gasteiger partial charge in [0.2, 0.25) is 0 Å². The van der Waals surface area contributed by atoms with Crippen LogP contribution >= 0.6 is 23.1 Å². The largest absolute Gasteiger partial charge is 0.331 e. The van der Waals surface area contributed by atoms with Gasteiger partial charge in [0.05, 0.1) is 0 Å². The van der Waals surface area contributed by atoms with Crippen molar-refractivity contribution < 1.29 is 0 Å². The molecule has 2 aromatic rings. The van der Waals surface area contributed by atoms with E-state index >= 15 is 0 Å². The minimum atomic E-state index is 0.975. The van der Waals surface area contributed by atoms with Crippen LogP contribution in [0.3, 0.4) is 0 Å². The second-order valence-electron chi connectivity index (χ2n) is 3.79. The average Bonchev–Trinajstić information content (AvgIpc) is 2.80. The number of hydrogen-bond acceptors (Lipinski definition) is 4. The quantitative estimate of drug-likeness (QED) is 0.824. The number of thioether (sulfide) groups is 1. The standard InChI is InChI=1S/C13H16N2S2/c1-4-10-8-14-13(17-10)15-12-7-11(16-3)6-5-9(12)2/h5-8H,4H2,1-3H3,(H,14,15). The summed E-state index contributed by atoms with van der Waals surface area (Å²) in [6.45, 7) is 4.26. The predicted molar refractivity (Wildman–Crippen MR) is 77.7 cm³/mol. The Morgan fingerprint density at radius 2 is 2.24 bits per heavy atom. The van der Waals surface area contributed by atoms with E-state index in [0.717, 1.165) is 17.2 Å². The molecule has 0 saturated heterocycles. The van der Waals surface area contributed by atoms with Gasteiger partial charge in [-0.15, -0.1) is 23.1 Å². The number of thiazole rings is 1. The molecule has 2 nitrogen and oxygen atoms in total. The topological polar surface area (TPSA) is 24.9 Å². The van der Waals surface area contributed by atoms with Gasteiger partial charge in [0.1, 0.15) is 0 Å². The molecule has 0 atom stereocenters. The summed E-state index contributed by atoms with van der Waals surface area (Å²) in [6, 6.07) is 6.46. The van der Waals surface area contributed by atoms with Crippen LogP contribution in [0.1, 0.15) is 17.4 Å². The van der Waals surface area contributed by atoms with E-state index in [0.29, 0.717) is 0 Å². The molecule has 0 bridgehead atoms. The van der Waals surface area contributed by atoms with Crippen LogP contribution in [-0.4, -0.2) is 11.2 Å². The lowest BCUT2D eigenvalue weighted by atomic mass is 10.2. The number of rotatable bonds is 4. The molecule has 0 unspecified atom stereocenters. The lowest BCUT2D eigenvalue weighted by Crippen LogP contribution is -1.92. The molecule has 0 amide bonds. The zero-order valence-corrected chi connectivity index (χ0v) is 11.9. The number of aryl methyl sites for hydroxylation is 2. The molecule has 2 rings (SSSR count). The van der Waals surface area contributed by atoms with E-state index in [-0.39, 0.29) is 0 Å². The van der Waals surface area contributed by atoms with E-state index in [1.165, 1.54) is 15.3 Å². The summed E-state index contributed by atoms with van der Waals surface area (Å²) in [6.07, 6.45) is 5.08. The maximum Gasteiger partial charge on any atom is 0.187 e. The molecule has 1 N–H and O–H groups in total. The van der Waals surface area contributed by atoms with Gasteiger partial charge in [-0.05, 0) is 37.3 Å². The molecule has 0 saturated carbocycles. The summed E-state index contributed by atoms with van der Waals surface area (Å²) in [4.78, 5) is 6.96. The molecule has 1 aromatic heterocycles. The summed E-state index contributed by atoms with van der Waals surface area (Å²) in [5, 5.41) is 4.37. The van der Waals surface area contributed by atoms with Crippen molar-refractivity contribution >= 4 is 33.9 Å². The molecule has 0 spiro atoms. The fourth-order valence-corrected chi connectivity index (χ4v) is 2.71. The Balaban J connectivity index is 2.22. The number of nitrogens with one attached hydrogen (secondary N) is 1. The molecule has 1 heterocycles. The smallest absolute Gasteiger partial charge is 0.187 e. The van der Waals surface area contributed by atoms with Crippen LogP contribution < -0.4 is 5.32 Å². The minimum absolute atomic E-state index is 0.975. The highest BCUT2D eigenvalue weighted by molar-refractivity contribution is 7.98. The molecule has 1 aromatic carbocycles. The predicted octanol–water partition coefficient (Wildman–Crippen LogP) is 4.48. The third kappa shape index (κ3) is 3.01. The Hall–Kier alpha value is -1.00. The van der Waals surface area contributed by atoms with E-state index in [1.807, 2.05) is 6.20 Å². The third-order valence-electron chi connectivity index (χ3n) is 2.59. The molecule has 0 radical (unpaired) electrons. The molecule has 4 heteroatoms. The Morgan fingerprint density at radius 3 is 2.88 bits per heavy atom. The van der Waals surface area contributed by atoms with Gasteiger partial charge >= 0.3 is 0 Å². The Kier molecular flexibility index (Phi) is 4.07. The number of aromatic nitrogens is 1. The molecule has 0 fully saturated rings. The number of anilines is 2. The fraction of sp³-hybridized carbons (Fsp3) is 0.308. The van der Waals surface area contributed by atoms with Gasteiger partial charge in [0, 0.05) is 21.7 Å². The average molecular weight is 264 g/mol. The summed E-state index contributed by atoms with van der Waals surface area (Å²) >= 11 is 3.48. The fourth-order valence-electron chi connectivity index (χ4n) is 1.51. The highest BCUT2D eigenvalue weighted by Crippen LogP contribution is 2.28. The van der Waals surface area contributed by atoms with Gasteiger partial charge in [-0.2, -0.15) is 0 Å². The molecule has 0 aliphatic heterocycles. The highest BCUT2D eigenvalue weighted by atomic mass is 32.2. The molecular formula is C13H16N2S2. The summed E-state index contributed by atoms with van der Waals surface area (Å²) in [7, 11) is 0. The minimum Gasteiger partial charge on any atom is -0.331 e. The second kappa shape index (κ2) is 5.56. The maximum absolute atomic E-state index is 4.38. The Bertz CT molecular complexity index is 506. The summed E-state index contributed by atoms with van der Waals surface area (Å²) < 4.78 is 0. The SMILES string of the molecule is CCc1cnc(Nc2cc(SC)ccc2C)s1. The van der Waals surface area contributed by atoms with Crippen LogP contribution in [0.4, 0.5) is 10.8 Å². The first kappa shape index (κ1) is 12.5. The van der Waals surface area contributed by atoms with Crippen LogP contribution in [0.5, 0.6) is 0 Å². The van der Waals surface area contributed by atoms with Crippen molar-refractivity contribution in [2.24, 2.45) is 0 Å². The van der Waals surface area contributed by atoms with Crippen molar-refractivity contribution in [3.05, 3.63) is 34.8 Å². The van der Waals surface area contributed by atoms with Crippen LogP contribution in [-0.2, 0) is 6.42 Å². The van der Waals surface area contributed by atoms with Crippen LogP contribution in [0.2, 0.25) is 0 Å². The van der Waals surface area contributed by atoms with Gasteiger partial charge in [-0.1, -0.05) is 13.0 Å². The number of hydrogen-bond donors (Lipinski definition) is 1. The Morgan fingerprint density at radius 1 is 1.41 bits per heavy atom. The lowest BCUT2D eigenvalue weighted by Gasteiger charge is -2.08. The Labute approximate surface area is 110 Å². The van der Waals surface area contributed by atoms with Crippen molar-refractivity contribution in [2.75, 3.05) is 11.6 Å². The number of nitrogens with zero attached hydrogens (tertiary/aromatic N) is 1. The first-order chi connectivity index (χ1) is 8.22. The molecular weight excluding hydrogens is 248 g/mol. The van der Waals surface area contributed by atoms with Crippen molar-refractivity contribution in [1.29, 1.82) is 0 Å². The third-order valence-corrected chi connectivity index (χ3v) is 4.37. The van der Waals surface area contributed by atoms with Gasteiger partial charge in [0.25, 0.3) is 0 Å². The van der Waals surface area contributed by atoms with Gasteiger partial charge in [0.15, 0.2) is 5.13 Å². The summed E-state index contributed by atoms with van der Waals surface area (Å²) in [5.74, 6) is 0. The molecule has 17 heavy (non-hydrogen) atoms. The van der Waals surface area contributed by atoms with Crippen LogP contribution in [0, 0.1) is 6.92 Å². The second-order valence-corrected chi connectivity index (χ2v) is 5.79. The number of benzene rings is 1. The van der Waals surface area contributed by atoms with E-state index in [2.05, 4.69) is 48.6 Å². The zero-order chi connectivity index (χ0) is 12.3.